The molecular formula is C24H23FN6. The summed E-state index contributed by atoms with van der Waals surface area (Å²) >= 11 is 0. The van der Waals surface area contributed by atoms with Crippen LogP contribution in [-0.2, 0) is 0 Å². The number of imidazole rings is 1. The maximum Gasteiger partial charge on any atom is 0.167 e. The normalized spacial score (nSPS) is 20.5. The molecule has 2 unspecified atom stereocenters. The van der Waals surface area contributed by atoms with Gasteiger partial charge < -0.3 is 10.2 Å². The first-order valence-corrected chi connectivity index (χ1v) is 10.7. The van der Waals surface area contributed by atoms with E-state index in [1.54, 1.807) is 24.5 Å². The van der Waals surface area contributed by atoms with Crippen LogP contribution < -0.4 is 10.2 Å². The molecule has 156 valence electrons. The van der Waals surface area contributed by atoms with Crippen molar-refractivity contribution < 1.29 is 4.39 Å². The molecule has 2 aliphatic heterocycles. The Labute approximate surface area is 179 Å². The van der Waals surface area contributed by atoms with Crippen LogP contribution in [0, 0.1) is 12.7 Å². The van der Waals surface area contributed by atoms with Crippen molar-refractivity contribution in [3.05, 3.63) is 66.2 Å². The first kappa shape index (κ1) is 18.4. The van der Waals surface area contributed by atoms with Crippen LogP contribution >= 0.6 is 0 Å². The highest BCUT2D eigenvalue weighted by Gasteiger charge is 2.33. The Morgan fingerprint density at radius 1 is 0.968 bits per heavy atom. The number of aryl methyl sites for hydroxylation is 1. The minimum atomic E-state index is -0.264. The average Bonchev–Trinajstić information content (AvgIpc) is 3.34. The highest BCUT2D eigenvalue weighted by atomic mass is 19.1. The third kappa shape index (κ3) is 3.16. The van der Waals surface area contributed by atoms with Crippen LogP contribution in [0.15, 0.2) is 54.9 Å². The van der Waals surface area contributed by atoms with Gasteiger partial charge in [0.1, 0.15) is 23.0 Å². The lowest BCUT2D eigenvalue weighted by Gasteiger charge is -2.33. The quantitative estimate of drug-likeness (QED) is 0.552. The number of benzene rings is 1. The standard InChI is InChI=1S/C24H23FN6/c1-15-12-21(30-13-18-6-7-19(14-30)27-18)28-24-22(15)29-23(16-2-4-17(25)5-3-16)31(24)20-8-10-26-11-9-20/h2-5,8-12,18-19,27H,6-7,13-14H2,1H3. The molecule has 2 bridgehead atoms. The number of hydrogen-bond donors (Lipinski definition) is 1. The van der Waals surface area contributed by atoms with Gasteiger partial charge in [0.05, 0.1) is 5.69 Å². The Bertz CT molecular complexity index is 1240. The molecule has 3 aromatic heterocycles. The molecule has 31 heavy (non-hydrogen) atoms. The van der Waals surface area contributed by atoms with E-state index in [-0.39, 0.29) is 5.82 Å². The molecule has 2 saturated heterocycles. The van der Waals surface area contributed by atoms with E-state index in [1.165, 1.54) is 25.0 Å². The van der Waals surface area contributed by atoms with Crippen LogP contribution in [0.2, 0.25) is 0 Å². The van der Waals surface area contributed by atoms with Crippen LogP contribution in [0.3, 0.4) is 0 Å². The number of pyridine rings is 2. The van der Waals surface area contributed by atoms with Crippen molar-refractivity contribution in [3.8, 4) is 17.1 Å². The molecular weight excluding hydrogens is 391 g/mol. The SMILES string of the molecule is Cc1cc(N2CC3CCC(C2)N3)nc2c1nc(-c1ccc(F)cc1)n2-c1ccncc1. The Kier molecular flexibility index (Phi) is 4.24. The summed E-state index contributed by atoms with van der Waals surface area (Å²) in [5.74, 6) is 1.47. The average molecular weight is 414 g/mol. The second kappa shape index (κ2) is 7.13. The van der Waals surface area contributed by atoms with E-state index in [0.29, 0.717) is 12.1 Å². The summed E-state index contributed by atoms with van der Waals surface area (Å²) in [6, 6.07) is 13.6. The van der Waals surface area contributed by atoms with Crippen molar-refractivity contribution in [2.75, 3.05) is 18.0 Å². The third-order valence-electron chi connectivity index (χ3n) is 6.36. The zero-order valence-electron chi connectivity index (χ0n) is 17.3. The van der Waals surface area contributed by atoms with E-state index in [2.05, 4.69) is 32.8 Å². The maximum absolute atomic E-state index is 13.6. The first-order chi connectivity index (χ1) is 15.2. The molecule has 0 saturated carbocycles. The van der Waals surface area contributed by atoms with Crippen molar-refractivity contribution in [1.82, 2.24) is 24.8 Å². The van der Waals surface area contributed by atoms with Crippen LogP contribution in [0.4, 0.5) is 10.2 Å². The highest BCUT2D eigenvalue weighted by molar-refractivity contribution is 5.84. The molecule has 7 heteroatoms. The summed E-state index contributed by atoms with van der Waals surface area (Å²) in [6.07, 6.45) is 5.98. The molecule has 0 spiro atoms. The van der Waals surface area contributed by atoms with Gasteiger partial charge in [-0.2, -0.15) is 0 Å². The monoisotopic (exact) mass is 414 g/mol. The Balaban J connectivity index is 1.56. The van der Waals surface area contributed by atoms with E-state index < -0.39 is 0 Å². The molecule has 0 radical (unpaired) electrons. The van der Waals surface area contributed by atoms with Crippen molar-refractivity contribution in [2.24, 2.45) is 0 Å². The zero-order chi connectivity index (χ0) is 20.9. The van der Waals surface area contributed by atoms with Gasteiger partial charge in [-0.05, 0) is 67.8 Å². The van der Waals surface area contributed by atoms with Gasteiger partial charge >= 0.3 is 0 Å². The van der Waals surface area contributed by atoms with Gasteiger partial charge in [0.2, 0.25) is 0 Å². The number of aromatic nitrogens is 4. The number of anilines is 1. The van der Waals surface area contributed by atoms with Crippen molar-refractivity contribution in [1.29, 1.82) is 0 Å². The lowest BCUT2D eigenvalue weighted by molar-refractivity contribution is 0.463. The molecule has 5 heterocycles. The Hall–Kier alpha value is -3.32. The lowest BCUT2D eigenvalue weighted by atomic mass is 10.2. The number of halogens is 1. The van der Waals surface area contributed by atoms with Crippen molar-refractivity contribution >= 4 is 17.0 Å². The van der Waals surface area contributed by atoms with Gasteiger partial charge in [-0.1, -0.05) is 0 Å². The maximum atomic E-state index is 13.6. The molecule has 2 atom stereocenters. The predicted molar refractivity (Wildman–Crippen MR) is 119 cm³/mol. The van der Waals surface area contributed by atoms with Crippen LogP contribution in [0.25, 0.3) is 28.2 Å². The number of nitrogens with one attached hydrogen (secondary N) is 1. The van der Waals surface area contributed by atoms with Crippen LogP contribution in [0.1, 0.15) is 18.4 Å². The van der Waals surface area contributed by atoms with Crippen LogP contribution in [0.5, 0.6) is 0 Å². The number of fused-ring (bicyclic) bond motifs is 3. The summed E-state index contributed by atoms with van der Waals surface area (Å²) in [7, 11) is 0. The van der Waals surface area contributed by atoms with Gasteiger partial charge in [-0.15, -0.1) is 0 Å². The summed E-state index contributed by atoms with van der Waals surface area (Å²) in [6.45, 7) is 4.04. The summed E-state index contributed by atoms with van der Waals surface area (Å²) in [5.41, 5.74) is 4.53. The van der Waals surface area contributed by atoms with Gasteiger partial charge in [0, 0.05) is 43.1 Å². The number of nitrogens with zero attached hydrogens (tertiary/aromatic N) is 5. The summed E-state index contributed by atoms with van der Waals surface area (Å²) in [5, 5.41) is 3.68. The topological polar surface area (TPSA) is 58.9 Å². The second-order valence-corrected chi connectivity index (χ2v) is 8.50. The minimum Gasteiger partial charge on any atom is -0.353 e. The molecule has 0 aliphatic carbocycles. The number of rotatable bonds is 3. The zero-order valence-corrected chi connectivity index (χ0v) is 17.3. The summed E-state index contributed by atoms with van der Waals surface area (Å²) in [4.78, 5) is 16.6. The van der Waals surface area contributed by atoms with E-state index in [0.717, 1.165) is 52.7 Å². The molecule has 4 aromatic rings. The van der Waals surface area contributed by atoms with Crippen LogP contribution in [-0.4, -0.2) is 44.7 Å². The smallest absolute Gasteiger partial charge is 0.167 e. The second-order valence-electron chi connectivity index (χ2n) is 8.50. The Morgan fingerprint density at radius 3 is 2.39 bits per heavy atom. The summed E-state index contributed by atoms with van der Waals surface area (Å²) < 4.78 is 15.6. The lowest BCUT2D eigenvalue weighted by Crippen LogP contribution is -2.51. The van der Waals surface area contributed by atoms with E-state index in [4.69, 9.17) is 9.97 Å². The van der Waals surface area contributed by atoms with E-state index in [1.807, 2.05) is 12.1 Å². The fourth-order valence-electron chi connectivity index (χ4n) is 4.86. The molecule has 6 nitrogen and oxygen atoms in total. The van der Waals surface area contributed by atoms with Gasteiger partial charge in [-0.25, -0.2) is 14.4 Å². The molecule has 1 N–H and O–H groups in total. The van der Waals surface area contributed by atoms with Crippen molar-refractivity contribution in [3.63, 3.8) is 0 Å². The molecule has 6 rings (SSSR count). The fourth-order valence-corrected chi connectivity index (χ4v) is 4.86. The number of hydrogen-bond acceptors (Lipinski definition) is 5. The van der Waals surface area contributed by atoms with Gasteiger partial charge in [0.15, 0.2) is 5.65 Å². The minimum absolute atomic E-state index is 0.264. The predicted octanol–water partition coefficient (Wildman–Crippen LogP) is 3.87. The van der Waals surface area contributed by atoms with E-state index in [9.17, 15) is 4.39 Å². The van der Waals surface area contributed by atoms with Gasteiger partial charge in [0.25, 0.3) is 0 Å². The molecule has 2 aliphatic rings. The third-order valence-corrected chi connectivity index (χ3v) is 6.36. The molecule has 1 aromatic carbocycles. The Morgan fingerprint density at radius 2 is 1.68 bits per heavy atom. The van der Waals surface area contributed by atoms with Gasteiger partial charge in [-0.3, -0.25) is 9.55 Å². The molecule has 0 amide bonds. The fraction of sp³-hybridized carbons (Fsp3) is 0.292. The highest BCUT2D eigenvalue weighted by Crippen LogP contribution is 2.32. The number of piperazine rings is 1. The first-order valence-electron chi connectivity index (χ1n) is 10.7. The largest absolute Gasteiger partial charge is 0.353 e. The van der Waals surface area contributed by atoms with Crippen molar-refractivity contribution in [2.45, 2.75) is 31.8 Å². The van der Waals surface area contributed by atoms with E-state index >= 15 is 0 Å². The molecule has 2 fully saturated rings.